The first kappa shape index (κ1) is 14.2. The molecule has 0 saturated heterocycles. The number of carbonyl (C=O) groups is 1. The maximum Gasteiger partial charge on any atom is 0.357 e. The Labute approximate surface area is 114 Å². The van der Waals surface area contributed by atoms with Gasteiger partial charge in [0.2, 0.25) is 15.9 Å². The van der Waals surface area contributed by atoms with E-state index < -0.39 is 26.6 Å². The standard InChI is InChI=1S/C10H12N4O5S/c1-5-3-11-7(19-5)4-12-20(17,18)9-6(2)13-14-8(9)10(15)16/h3,12H,4H2,1-2H3,(H,13,14)(H,15,16). The van der Waals surface area contributed by atoms with Gasteiger partial charge in [-0.1, -0.05) is 0 Å². The van der Waals surface area contributed by atoms with E-state index in [1.807, 2.05) is 0 Å². The van der Waals surface area contributed by atoms with Crippen molar-refractivity contribution in [1.29, 1.82) is 0 Å². The maximum atomic E-state index is 12.1. The summed E-state index contributed by atoms with van der Waals surface area (Å²) in [6, 6.07) is 0. The molecule has 2 rings (SSSR count). The van der Waals surface area contributed by atoms with Crippen LogP contribution < -0.4 is 4.72 Å². The number of oxazole rings is 1. The Kier molecular flexibility index (Phi) is 3.59. The Balaban J connectivity index is 2.27. The molecule has 0 spiro atoms. The summed E-state index contributed by atoms with van der Waals surface area (Å²) in [6.45, 7) is 2.91. The van der Waals surface area contributed by atoms with Crippen LogP contribution >= 0.6 is 0 Å². The van der Waals surface area contributed by atoms with Crippen molar-refractivity contribution in [2.75, 3.05) is 0 Å². The first-order valence-corrected chi connectivity index (χ1v) is 6.99. The van der Waals surface area contributed by atoms with Crippen LogP contribution in [-0.4, -0.2) is 34.7 Å². The van der Waals surface area contributed by atoms with Gasteiger partial charge in [0.05, 0.1) is 18.4 Å². The first-order valence-electron chi connectivity index (χ1n) is 5.50. The highest BCUT2D eigenvalue weighted by atomic mass is 32.2. The molecular formula is C10H12N4O5S. The van der Waals surface area contributed by atoms with Crippen molar-refractivity contribution < 1.29 is 22.7 Å². The number of carboxylic acids is 1. The molecule has 0 aliphatic heterocycles. The van der Waals surface area contributed by atoms with Gasteiger partial charge in [0.15, 0.2) is 5.69 Å². The number of nitrogens with one attached hydrogen (secondary N) is 2. The average Bonchev–Trinajstić information content (AvgIpc) is 2.93. The lowest BCUT2D eigenvalue weighted by atomic mass is 10.4. The van der Waals surface area contributed by atoms with E-state index in [-0.39, 0.29) is 18.1 Å². The Morgan fingerprint density at radius 3 is 2.75 bits per heavy atom. The van der Waals surface area contributed by atoms with Crippen molar-refractivity contribution in [3.8, 4) is 0 Å². The lowest BCUT2D eigenvalue weighted by Gasteiger charge is -2.04. The number of hydrogen-bond acceptors (Lipinski definition) is 6. The van der Waals surface area contributed by atoms with Gasteiger partial charge >= 0.3 is 5.97 Å². The molecule has 3 N–H and O–H groups in total. The predicted octanol–water partition coefficient (Wildman–Crippen LogP) is 0.191. The molecule has 0 unspecified atom stereocenters. The summed E-state index contributed by atoms with van der Waals surface area (Å²) in [5, 5.41) is 14.7. The SMILES string of the molecule is Cc1cnc(CNS(=O)(=O)c2c(C(=O)O)n[nH]c2C)o1. The summed E-state index contributed by atoms with van der Waals surface area (Å²) >= 11 is 0. The fraction of sp³-hybridized carbons (Fsp3) is 0.300. The van der Waals surface area contributed by atoms with Crippen LogP contribution in [0.5, 0.6) is 0 Å². The van der Waals surface area contributed by atoms with Crippen LogP contribution in [0, 0.1) is 13.8 Å². The second-order valence-electron chi connectivity index (χ2n) is 4.02. The third kappa shape index (κ3) is 2.70. The number of aromatic amines is 1. The Morgan fingerprint density at radius 2 is 2.20 bits per heavy atom. The summed E-state index contributed by atoms with van der Waals surface area (Å²) in [5.74, 6) is -0.698. The number of hydrogen-bond donors (Lipinski definition) is 3. The number of carboxylic acid groups (broad SMARTS) is 1. The van der Waals surface area contributed by atoms with E-state index in [0.29, 0.717) is 5.76 Å². The van der Waals surface area contributed by atoms with Crippen LogP contribution in [0.2, 0.25) is 0 Å². The van der Waals surface area contributed by atoms with Gasteiger partial charge < -0.3 is 9.52 Å². The third-order valence-electron chi connectivity index (χ3n) is 2.44. The second-order valence-corrected chi connectivity index (χ2v) is 5.72. The smallest absolute Gasteiger partial charge is 0.357 e. The van der Waals surface area contributed by atoms with Gasteiger partial charge in [-0.05, 0) is 13.8 Å². The monoisotopic (exact) mass is 300 g/mol. The highest BCUT2D eigenvalue weighted by molar-refractivity contribution is 7.89. The number of rotatable bonds is 5. The van der Waals surface area contributed by atoms with E-state index in [1.54, 1.807) is 6.92 Å². The molecule has 9 nitrogen and oxygen atoms in total. The quantitative estimate of drug-likeness (QED) is 0.716. The molecular weight excluding hydrogens is 288 g/mol. The molecule has 0 bridgehead atoms. The molecule has 2 aromatic heterocycles. The van der Waals surface area contributed by atoms with Crippen LogP contribution in [0.3, 0.4) is 0 Å². The van der Waals surface area contributed by atoms with Gasteiger partial charge in [0.25, 0.3) is 0 Å². The highest BCUT2D eigenvalue weighted by Crippen LogP contribution is 2.17. The predicted molar refractivity (Wildman–Crippen MR) is 65.5 cm³/mol. The lowest BCUT2D eigenvalue weighted by Crippen LogP contribution is -2.25. The molecule has 20 heavy (non-hydrogen) atoms. The van der Waals surface area contributed by atoms with E-state index in [2.05, 4.69) is 19.9 Å². The molecule has 0 amide bonds. The van der Waals surface area contributed by atoms with Gasteiger partial charge in [-0.15, -0.1) is 0 Å². The first-order chi connectivity index (χ1) is 9.31. The summed E-state index contributed by atoms with van der Waals surface area (Å²) in [4.78, 5) is 14.4. The van der Waals surface area contributed by atoms with Crippen LogP contribution in [0.25, 0.3) is 0 Å². The van der Waals surface area contributed by atoms with Crippen molar-refractivity contribution in [2.45, 2.75) is 25.3 Å². The zero-order valence-corrected chi connectivity index (χ0v) is 11.5. The second kappa shape index (κ2) is 5.06. The van der Waals surface area contributed by atoms with Gasteiger partial charge in [-0.2, -0.15) is 5.10 Å². The zero-order valence-electron chi connectivity index (χ0n) is 10.7. The maximum absolute atomic E-state index is 12.1. The number of aryl methyl sites for hydroxylation is 2. The topological polar surface area (TPSA) is 138 Å². The van der Waals surface area contributed by atoms with Crippen LogP contribution in [0.1, 0.15) is 27.8 Å². The van der Waals surface area contributed by atoms with E-state index in [1.165, 1.54) is 13.1 Å². The van der Waals surface area contributed by atoms with E-state index in [0.717, 1.165) is 0 Å². The summed E-state index contributed by atoms with van der Waals surface area (Å²) < 4.78 is 31.6. The molecule has 10 heteroatoms. The van der Waals surface area contributed by atoms with E-state index in [4.69, 9.17) is 9.52 Å². The zero-order chi connectivity index (χ0) is 14.9. The molecule has 0 radical (unpaired) electrons. The molecule has 0 aliphatic carbocycles. The summed E-state index contributed by atoms with van der Waals surface area (Å²) in [7, 11) is -4.04. The number of sulfonamides is 1. The van der Waals surface area contributed by atoms with Gasteiger partial charge in [0.1, 0.15) is 10.7 Å². The molecule has 2 aromatic rings. The summed E-state index contributed by atoms with van der Waals surface area (Å²) in [5.41, 5.74) is -0.419. The van der Waals surface area contributed by atoms with Gasteiger partial charge in [-0.25, -0.2) is 22.9 Å². The molecule has 0 aromatic carbocycles. The summed E-state index contributed by atoms with van der Waals surface area (Å²) in [6.07, 6.45) is 1.45. The highest BCUT2D eigenvalue weighted by Gasteiger charge is 2.28. The Bertz CT molecular complexity index is 746. The van der Waals surface area contributed by atoms with E-state index in [9.17, 15) is 13.2 Å². The van der Waals surface area contributed by atoms with Crippen molar-refractivity contribution in [3.05, 3.63) is 29.2 Å². The van der Waals surface area contributed by atoms with Crippen molar-refractivity contribution in [1.82, 2.24) is 19.9 Å². The third-order valence-corrected chi connectivity index (χ3v) is 4.01. The van der Waals surface area contributed by atoms with Crippen LogP contribution in [-0.2, 0) is 16.6 Å². The van der Waals surface area contributed by atoms with Gasteiger partial charge in [0, 0.05) is 0 Å². The number of nitrogens with zero attached hydrogens (tertiary/aromatic N) is 2. The molecule has 2 heterocycles. The number of aromatic carboxylic acids is 1. The number of H-pyrrole nitrogens is 1. The van der Waals surface area contributed by atoms with Gasteiger partial charge in [-0.3, -0.25) is 5.10 Å². The molecule has 0 saturated carbocycles. The van der Waals surface area contributed by atoms with E-state index >= 15 is 0 Å². The molecule has 0 fully saturated rings. The number of aromatic nitrogens is 3. The fourth-order valence-corrected chi connectivity index (χ4v) is 2.90. The molecule has 0 atom stereocenters. The Morgan fingerprint density at radius 1 is 1.50 bits per heavy atom. The minimum Gasteiger partial charge on any atom is -0.476 e. The van der Waals surface area contributed by atoms with Crippen LogP contribution in [0.4, 0.5) is 0 Å². The molecule has 0 aliphatic rings. The average molecular weight is 300 g/mol. The van der Waals surface area contributed by atoms with Crippen molar-refractivity contribution in [3.63, 3.8) is 0 Å². The Hall–Kier alpha value is -2.20. The fourth-order valence-electron chi connectivity index (χ4n) is 1.60. The van der Waals surface area contributed by atoms with Crippen molar-refractivity contribution in [2.24, 2.45) is 0 Å². The molecule has 108 valence electrons. The minimum atomic E-state index is -4.04. The minimum absolute atomic E-state index is 0.137. The largest absolute Gasteiger partial charge is 0.476 e. The normalized spacial score (nSPS) is 11.7. The van der Waals surface area contributed by atoms with Crippen LogP contribution in [0.15, 0.2) is 15.5 Å². The van der Waals surface area contributed by atoms with Crippen molar-refractivity contribution >= 4 is 16.0 Å². The lowest BCUT2D eigenvalue weighted by molar-refractivity contribution is 0.0686.